The Hall–Kier alpha value is -0.640. The van der Waals surface area contributed by atoms with Crippen molar-refractivity contribution in [2.75, 3.05) is 6.54 Å². The van der Waals surface area contributed by atoms with Gasteiger partial charge in [0, 0.05) is 17.1 Å². The van der Waals surface area contributed by atoms with E-state index in [1.165, 1.54) is 12.1 Å². The molecule has 16 heavy (non-hydrogen) atoms. The number of hydrogen-bond acceptors (Lipinski definition) is 2. The summed E-state index contributed by atoms with van der Waals surface area (Å²) in [7, 11) is 0. The van der Waals surface area contributed by atoms with Crippen LogP contribution < -0.4 is 5.32 Å². The lowest BCUT2D eigenvalue weighted by Crippen LogP contribution is -2.38. The summed E-state index contributed by atoms with van der Waals surface area (Å²) in [5.74, 6) is -0.433. The van der Waals surface area contributed by atoms with E-state index in [1.54, 1.807) is 6.07 Å². The van der Waals surface area contributed by atoms with Crippen LogP contribution >= 0.6 is 11.6 Å². The van der Waals surface area contributed by atoms with Gasteiger partial charge in [-0.1, -0.05) is 11.6 Å². The van der Waals surface area contributed by atoms with Crippen LogP contribution in [0.25, 0.3) is 0 Å². The van der Waals surface area contributed by atoms with Crippen LogP contribution in [0.5, 0.6) is 0 Å². The Bertz CT molecular complexity index is 342. The van der Waals surface area contributed by atoms with Crippen molar-refractivity contribution >= 4 is 11.6 Å². The zero-order valence-corrected chi connectivity index (χ0v) is 10.5. The smallest absolute Gasteiger partial charge is 0.125 e. The zero-order valence-electron chi connectivity index (χ0n) is 9.72. The number of aliphatic hydroxyl groups is 1. The van der Waals surface area contributed by atoms with Crippen molar-refractivity contribution in [3.8, 4) is 0 Å². The van der Waals surface area contributed by atoms with Crippen molar-refractivity contribution in [3.63, 3.8) is 0 Å². The third-order valence-corrected chi connectivity index (χ3v) is 2.31. The molecule has 0 radical (unpaired) electrons. The Balaban J connectivity index is 2.69. The van der Waals surface area contributed by atoms with Gasteiger partial charge in [0.05, 0.1) is 6.10 Å². The highest BCUT2D eigenvalue weighted by Crippen LogP contribution is 2.20. The molecule has 0 saturated heterocycles. The third-order valence-electron chi connectivity index (χ3n) is 2.10. The Morgan fingerprint density at radius 3 is 2.50 bits per heavy atom. The third kappa shape index (κ3) is 4.47. The predicted octanol–water partition coefficient (Wildman–Crippen LogP) is 2.90. The topological polar surface area (TPSA) is 32.3 Å². The minimum absolute atomic E-state index is 0.0852. The molecular weight excluding hydrogens is 229 g/mol. The fraction of sp³-hybridized carbons (Fsp3) is 0.500. The van der Waals surface area contributed by atoms with Crippen LogP contribution in [-0.4, -0.2) is 17.2 Å². The second kappa shape index (κ2) is 5.13. The molecule has 2 nitrogen and oxygen atoms in total. The minimum atomic E-state index is -0.757. The number of nitrogens with one attached hydrogen (secondary N) is 1. The van der Waals surface area contributed by atoms with Crippen LogP contribution in [-0.2, 0) is 0 Å². The molecule has 0 bridgehead atoms. The number of aliphatic hydroxyl groups excluding tert-OH is 1. The van der Waals surface area contributed by atoms with Gasteiger partial charge in [-0.05, 0) is 44.5 Å². The van der Waals surface area contributed by atoms with Crippen LogP contribution in [0.2, 0.25) is 5.02 Å². The Kier molecular flexibility index (Phi) is 4.30. The van der Waals surface area contributed by atoms with E-state index in [2.05, 4.69) is 5.32 Å². The molecule has 0 heterocycles. The first kappa shape index (κ1) is 13.4. The number of β-amino-alcohol motifs (C(OH)–C–C–N with tert-alkyl or cyclic N) is 1. The summed E-state index contributed by atoms with van der Waals surface area (Å²) < 4.78 is 13.0. The summed E-state index contributed by atoms with van der Waals surface area (Å²) in [6.45, 7) is 6.36. The Morgan fingerprint density at radius 1 is 1.38 bits per heavy atom. The van der Waals surface area contributed by atoms with Gasteiger partial charge in [0.1, 0.15) is 5.82 Å². The number of halogens is 2. The molecule has 0 spiro atoms. The molecule has 1 unspecified atom stereocenters. The summed E-state index contributed by atoms with van der Waals surface area (Å²) in [6, 6.07) is 4.08. The fourth-order valence-corrected chi connectivity index (χ4v) is 1.52. The monoisotopic (exact) mass is 245 g/mol. The van der Waals surface area contributed by atoms with Crippen molar-refractivity contribution in [2.24, 2.45) is 0 Å². The molecule has 0 aromatic heterocycles. The lowest BCUT2D eigenvalue weighted by Gasteiger charge is -2.23. The van der Waals surface area contributed by atoms with Crippen molar-refractivity contribution < 1.29 is 9.50 Å². The van der Waals surface area contributed by atoms with E-state index in [4.69, 9.17) is 11.6 Å². The maximum atomic E-state index is 13.0. The average molecular weight is 246 g/mol. The zero-order chi connectivity index (χ0) is 12.3. The van der Waals surface area contributed by atoms with Crippen LogP contribution in [0.4, 0.5) is 4.39 Å². The maximum Gasteiger partial charge on any atom is 0.125 e. The lowest BCUT2D eigenvalue weighted by atomic mass is 10.1. The highest BCUT2D eigenvalue weighted by atomic mass is 35.5. The van der Waals surface area contributed by atoms with Crippen LogP contribution in [0.3, 0.4) is 0 Å². The average Bonchev–Trinajstić information content (AvgIpc) is 2.11. The van der Waals surface area contributed by atoms with E-state index >= 15 is 0 Å². The molecule has 0 aliphatic heterocycles. The molecule has 1 aromatic carbocycles. The summed E-state index contributed by atoms with van der Waals surface area (Å²) in [6.07, 6.45) is -0.757. The predicted molar refractivity (Wildman–Crippen MR) is 64.1 cm³/mol. The van der Waals surface area contributed by atoms with Gasteiger partial charge in [-0.25, -0.2) is 4.39 Å². The molecule has 1 rings (SSSR count). The van der Waals surface area contributed by atoms with E-state index in [0.29, 0.717) is 17.1 Å². The SMILES string of the molecule is CC(C)(C)NCC(O)c1cc(F)cc(Cl)c1. The second-order valence-electron chi connectivity index (χ2n) is 4.85. The van der Waals surface area contributed by atoms with Crippen LogP contribution in [0.15, 0.2) is 18.2 Å². The normalized spacial score (nSPS) is 13.9. The summed E-state index contributed by atoms with van der Waals surface area (Å²) in [5, 5.41) is 13.3. The molecule has 90 valence electrons. The summed E-state index contributed by atoms with van der Waals surface area (Å²) in [5.41, 5.74) is 0.403. The highest BCUT2D eigenvalue weighted by molar-refractivity contribution is 6.30. The van der Waals surface area contributed by atoms with Gasteiger partial charge < -0.3 is 10.4 Å². The summed E-state index contributed by atoms with van der Waals surface area (Å²) in [4.78, 5) is 0. The first-order valence-corrected chi connectivity index (χ1v) is 5.55. The lowest BCUT2D eigenvalue weighted by molar-refractivity contribution is 0.163. The molecule has 4 heteroatoms. The molecule has 0 aliphatic carbocycles. The molecular formula is C12H17ClFNO. The highest BCUT2D eigenvalue weighted by Gasteiger charge is 2.14. The molecule has 0 saturated carbocycles. The van der Waals surface area contributed by atoms with Gasteiger partial charge in [-0.15, -0.1) is 0 Å². The first-order chi connectivity index (χ1) is 7.28. The second-order valence-corrected chi connectivity index (χ2v) is 5.29. The van der Waals surface area contributed by atoms with E-state index in [-0.39, 0.29) is 5.54 Å². The van der Waals surface area contributed by atoms with Crippen molar-refractivity contribution in [3.05, 3.63) is 34.6 Å². The Morgan fingerprint density at radius 2 is 2.00 bits per heavy atom. The number of hydrogen-bond donors (Lipinski definition) is 2. The van der Waals surface area contributed by atoms with E-state index in [1.807, 2.05) is 20.8 Å². The maximum absolute atomic E-state index is 13.0. The largest absolute Gasteiger partial charge is 0.387 e. The van der Waals surface area contributed by atoms with E-state index in [0.717, 1.165) is 0 Å². The van der Waals surface area contributed by atoms with Crippen molar-refractivity contribution in [2.45, 2.75) is 32.4 Å². The van der Waals surface area contributed by atoms with Gasteiger partial charge in [-0.2, -0.15) is 0 Å². The van der Waals surface area contributed by atoms with Crippen LogP contribution in [0, 0.1) is 5.82 Å². The molecule has 0 amide bonds. The number of rotatable bonds is 3. The van der Waals surface area contributed by atoms with Gasteiger partial charge >= 0.3 is 0 Å². The molecule has 0 fully saturated rings. The van der Waals surface area contributed by atoms with E-state index in [9.17, 15) is 9.50 Å². The van der Waals surface area contributed by atoms with Crippen molar-refractivity contribution in [1.29, 1.82) is 0 Å². The van der Waals surface area contributed by atoms with Gasteiger partial charge in [0.25, 0.3) is 0 Å². The quantitative estimate of drug-likeness (QED) is 0.858. The molecule has 1 atom stereocenters. The first-order valence-electron chi connectivity index (χ1n) is 5.17. The van der Waals surface area contributed by atoms with Gasteiger partial charge in [-0.3, -0.25) is 0 Å². The molecule has 2 N–H and O–H groups in total. The Labute approximate surface area is 100 Å². The standard InChI is InChI=1S/C12H17ClFNO/c1-12(2,3)15-7-11(16)8-4-9(13)6-10(14)5-8/h4-6,11,15-16H,7H2,1-3H3. The van der Waals surface area contributed by atoms with E-state index < -0.39 is 11.9 Å². The van der Waals surface area contributed by atoms with Gasteiger partial charge in [0.2, 0.25) is 0 Å². The summed E-state index contributed by atoms with van der Waals surface area (Å²) >= 11 is 5.71. The van der Waals surface area contributed by atoms with Crippen molar-refractivity contribution in [1.82, 2.24) is 5.32 Å². The minimum Gasteiger partial charge on any atom is -0.387 e. The fourth-order valence-electron chi connectivity index (χ4n) is 1.29. The molecule has 0 aliphatic rings. The van der Waals surface area contributed by atoms with Crippen LogP contribution in [0.1, 0.15) is 32.4 Å². The number of benzene rings is 1. The molecule has 1 aromatic rings. The van der Waals surface area contributed by atoms with Gasteiger partial charge in [0.15, 0.2) is 0 Å².